The molecule has 6 rings (SSSR count). The quantitative estimate of drug-likeness (QED) is 0.159. The van der Waals surface area contributed by atoms with Gasteiger partial charge >= 0.3 is 0 Å². The van der Waals surface area contributed by atoms with Crippen LogP contribution in [0.15, 0.2) is 152 Å². The van der Waals surface area contributed by atoms with Gasteiger partial charge in [0.25, 0.3) is 0 Å². The number of allylic oxidation sites excluding steroid dienone is 2. The smallest absolute Gasteiger partial charge is 0.137 e. The van der Waals surface area contributed by atoms with Crippen LogP contribution in [0.1, 0.15) is 12.5 Å². The lowest BCUT2D eigenvalue weighted by Gasteiger charge is -2.14. The molecule has 3 aromatic heterocycles. The molecule has 0 unspecified atom stereocenters. The van der Waals surface area contributed by atoms with E-state index in [1.54, 1.807) is 31.9 Å². The number of nitrogens with zero attached hydrogens (tertiary/aromatic N) is 4. The highest BCUT2D eigenvalue weighted by atomic mass is 16.5. The third kappa shape index (κ3) is 6.68. The van der Waals surface area contributed by atoms with Crippen LogP contribution in [0.3, 0.4) is 0 Å². The zero-order chi connectivity index (χ0) is 31.0. The van der Waals surface area contributed by atoms with Crippen molar-refractivity contribution in [2.24, 2.45) is 4.99 Å². The highest BCUT2D eigenvalue weighted by Crippen LogP contribution is 2.36. The first-order valence-electron chi connectivity index (χ1n) is 14.7. The van der Waals surface area contributed by atoms with Crippen molar-refractivity contribution in [2.75, 3.05) is 7.11 Å². The highest BCUT2D eigenvalue weighted by molar-refractivity contribution is 6.10. The minimum Gasteiger partial charge on any atom is -0.495 e. The lowest BCUT2D eigenvalue weighted by Crippen LogP contribution is -1.92. The van der Waals surface area contributed by atoms with Crippen molar-refractivity contribution in [3.05, 3.63) is 153 Å². The van der Waals surface area contributed by atoms with E-state index >= 15 is 0 Å². The third-order valence-corrected chi connectivity index (χ3v) is 7.63. The Morgan fingerprint density at radius 2 is 1.11 bits per heavy atom. The van der Waals surface area contributed by atoms with Gasteiger partial charge < -0.3 is 4.74 Å². The minimum absolute atomic E-state index is 0.714. The van der Waals surface area contributed by atoms with Crippen LogP contribution in [0, 0.1) is 0 Å². The average Bonchev–Trinajstić information content (AvgIpc) is 3.12. The summed E-state index contributed by atoms with van der Waals surface area (Å²) >= 11 is 0. The summed E-state index contributed by atoms with van der Waals surface area (Å²) in [4.78, 5) is 17.4. The second-order valence-electron chi connectivity index (χ2n) is 10.5. The molecular formula is C40H32N4O. The lowest BCUT2D eigenvalue weighted by molar-refractivity contribution is 0.413. The maximum absolute atomic E-state index is 5.48. The van der Waals surface area contributed by atoms with Crippen LogP contribution in [-0.4, -0.2) is 28.3 Å². The number of ether oxygens (including phenoxy) is 1. The van der Waals surface area contributed by atoms with Gasteiger partial charge in [-0.3, -0.25) is 19.9 Å². The highest BCUT2D eigenvalue weighted by Gasteiger charge is 2.12. The summed E-state index contributed by atoms with van der Waals surface area (Å²) in [7, 11) is 1.66. The Morgan fingerprint density at radius 3 is 1.67 bits per heavy atom. The number of pyridine rings is 3. The van der Waals surface area contributed by atoms with Gasteiger partial charge in [-0.25, -0.2) is 0 Å². The summed E-state index contributed by atoms with van der Waals surface area (Å²) in [5.74, 6) is 0.714. The minimum atomic E-state index is 0.714. The van der Waals surface area contributed by atoms with Crippen LogP contribution in [0.5, 0.6) is 5.75 Å². The molecule has 5 nitrogen and oxygen atoms in total. The van der Waals surface area contributed by atoms with E-state index in [-0.39, 0.29) is 0 Å². The topological polar surface area (TPSA) is 60.3 Å². The van der Waals surface area contributed by atoms with Crippen molar-refractivity contribution >= 4 is 11.8 Å². The Hall–Kier alpha value is -5.94. The van der Waals surface area contributed by atoms with E-state index in [2.05, 4.69) is 105 Å². The molecule has 0 amide bonds. The van der Waals surface area contributed by atoms with E-state index in [1.807, 2.05) is 49.9 Å². The van der Waals surface area contributed by atoms with Gasteiger partial charge in [-0.05, 0) is 118 Å². The van der Waals surface area contributed by atoms with Crippen molar-refractivity contribution in [1.29, 1.82) is 0 Å². The number of benzene rings is 3. The monoisotopic (exact) mass is 584 g/mol. The molecule has 218 valence electrons. The summed E-state index contributed by atoms with van der Waals surface area (Å²) in [5, 5.41) is 0. The van der Waals surface area contributed by atoms with E-state index < -0.39 is 0 Å². The van der Waals surface area contributed by atoms with E-state index in [1.165, 1.54) is 0 Å². The maximum atomic E-state index is 5.48. The summed E-state index contributed by atoms with van der Waals surface area (Å²) in [5.41, 5.74) is 12.7. The number of hydrogen-bond acceptors (Lipinski definition) is 5. The lowest BCUT2D eigenvalue weighted by atomic mass is 9.91. The van der Waals surface area contributed by atoms with Gasteiger partial charge in [0.2, 0.25) is 0 Å². The molecule has 0 radical (unpaired) electrons. The molecule has 3 heterocycles. The van der Waals surface area contributed by atoms with Crippen molar-refractivity contribution < 1.29 is 4.74 Å². The molecule has 5 heteroatoms. The van der Waals surface area contributed by atoms with Crippen LogP contribution in [0.4, 0.5) is 0 Å². The van der Waals surface area contributed by atoms with Crippen LogP contribution < -0.4 is 4.74 Å². The van der Waals surface area contributed by atoms with Crippen molar-refractivity contribution in [1.82, 2.24) is 15.0 Å². The van der Waals surface area contributed by atoms with Crippen LogP contribution in [0.2, 0.25) is 0 Å². The number of hydrogen-bond donors (Lipinski definition) is 0. The molecule has 0 bridgehead atoms. The Morgan fingerprint density at radius 1 is 0.600 bits per heavy atom. The number of aliphatic imine (C=N–C) groups is 1. The van der Waals surface area contributed by atoms with Crippen LogP contribution >= 0.6 is 0 Å². The summed E-state index contributed by atoms with van der Waals surface area (Å²) in [6.45, 7) is 5.76. The van der Waals surface area contributed by atoms with Gasteiger partial charge in [0.05, 0.1) is 13.3 Å². The molecule has 0 fully saturated rings. The second-order valence-corrected chi connectivity index (χ2v) is 10.5. The first-order valence-corrected chi connectivity index (χ1v) is 14.7. The fourth-order valence-electron chi connectivity index (χ4n) is 5.34. The predicted octanol–water partition coefficient (Wildman–Crippen LogP) is 9.83. The number of methoxy groups -OCH3 is 1. The molecule has 0 saturated carbocycles. The molecule has 0 saturated heterocycles. The van der Waals surface area contributed by atoms with Gasteiger partial charge in [-0.1, -0.05) is 43.0 Å². The molecular weight excluding hydrogens is 552 g/mol. The maximum Gasteiger partial charge on any atom is 0.137 e. The van der Waals surface area contributed by atoms with Gasteiger partial charge in [-0.15, -0.1) is 0 Å². The van der Waals surface area contributed by atoms with E-state index in [0.29, 0.717) is 5.75 Å². The normalized spacial score (nSPS) is 11.5. The molecule has 0 aliphatic heterocycles. The largest absolute Gasteiger partial charge is 0.495 e. The van der Waals surface area contributed by atoms with Crippen LogP contribution in [0.25, 0.3) is 61.2 Å². The standard InChI is InChI=1S/C40H32N4O/c1-4-28(23-41-5-2)33-16-34(18-36(17-33)31-11-7-13-42-24-31)29-9-6-10-30(15-29)35-19-37(32-12-8-14-43-25-32)21-38(20-35)39-22-40(45-3)27-44-26-39/h4-27H,2H2,1,3H3/b28-4+,41-23?. The van der Waals surface area contributed by atoms with Crippen LogP contribution in [-0.2, 0) is 0 Å². The Labute approximate surface area is 264 Å². The van der Waals surface area contributed by atoms with Crippen molar-refractivity contribution in [3.8, 4) is 61.4 Å². The summed E-state index contributed by atoms with van der Waals surface area (Å²) < 4.78 is 5.48. The molecule has 0 atom stereocenters. The SMILES string of the molecule is C=CN=C/C(=C\C)c1cc(-c2cccnc2)cc(-c2cccc(-c3cc(-c4cccnc4)cc(-c4cncc(OC)c4)c3)c2)c1. The summed E-state index contributed by atoms with van der Waals surface area (Å²) in [6.07, 6.45) is 16.4. The molecule has 45 heavy (non-hydrogen) atoms. The van der Waals surface area contributed by atoms with Gasteiger partial charge in [0.1, 0.15) is 5.75 Å². The summed E-state index contributed by atoms with van der Waals surface area (Å²) in [6, 6.07) is 32.0. The number of aromatic nitrogens is 3. The predicted molar refractivity (Wildman–Crippen MR) is 186 cm³/mol. The van der Waals surface area contributed by atoms with Gasteiger partial charge in [0.15, 0.2) is 0 Å². The fourth-order valence-corrected chi connectivity index (χ4v) is 5.34. The van der Waals surface area contributed by atoms with E-state index in [9.17, 15) is 0 Å². The molecule has 0 spiro atoms. The van der Waals surface area contributed by atoms with Crippen molar-refractivity contribution in [2.45, 2.75) is 6.92 Å². The fraction of sp³-hybridized carbons (Fsp3) is 0.0500. The number of rotatable bonds is 9. The van der Waals surface area contributed by atoms with E-state index in [4.69, 9.17) is 4.74 Å². The van der Waals surface area contributed by atoms with Crippen molar-refractivity contribution in [3.63, 3.8) is 0 Å². The third-order valence-electron chi connectivity index (χ3n) is 7.63. The molecule has 6 aromatic rings. The average molecular weight is 585 g/mol. The van der Waals surface area contributed by atoms with E-state index in [0.717, 1.165) is 66.8 Å². The molecule has 0 N–H and O–H groups in total. The zero-order valence-corrected chi connectivity index (χ0v) is 25.3. The second kappa shape index (κ2) is 13.6. The molecule has 3 aromatic carbocycles. The Kier molecular flexibility index (Phi) is 8.79. The first-order chi connectivity index (χ1) is 22.1. The first kappa shape index (κ1) is 29.1. The Bertz CT molecular complexity index is 2010. The molecule has 0 aliphatic rings. The van der Waals surface area contributed by atoms with Gasteiger partial charge in [0, 0.05) is 60.1 Å². The Balaban J connectivity index is 1.50. The van der Waals surface area contributed by atoms with Gasteiger partial charge in [-0.2, -0.15) is 0 Å². The zero-order valence-electron chi connectivity index (χ0n) is 25.3. The molecule has 0 aliphatic carbocycles.